The Morgan fingerprint density at radius 2 is 1.91 bits per heavy atom. The maximum absolute atomic E-state index is 10.2. The van der Waals surface area contributed by atoms with E-state index in [4.69, 9.17) is 8.25 Å². The third kappa shape index (κ3) is 2.41. The third-order valence-corrected chi connectivity index (χ3v) is 7.04. The number of nitro benzene ring substituents is 1. The van der Waals surface area contributed by atoms with Gasteiger partial charge >= 0.3 is 79.7 Å². The Bertz CT molecular complexity index is 262. The Kier molecular flexibility index (Phi) is 3.26. The van der Waals surface area contributed by atoms with Gasteiger partial charge in [0, 0.05) is 0 Å². The van der Waals surface area contributed by atoms with E-state index < -0.39 is 28.3 Å². The van der Waals surface area contributed by atoms with Gasteiger partial charge in [-0.05, 0) is 0 Å². The first-order valence-corrected chi connectivity index (χ1v) is 12.5. The molecule has 3 nitrogen and oxygen atoms in total. The summed E-state index contributed by atoms with van der Waals surface area (Å²) in [4.78, 5) is 9.78. The van der Waals surface area contributed by atoms with Crippen molar-refractivity contribution in [1.82, 2.24) is 0 Å². The molecular weight excluding hydrogens is 354 g/mol. The molecule has 0 saturated carbocycles. The summed E-state index contributed by atoms with van der Waals surface area (Å²) in [7, 11) is 5.71. The van der Waals surface area contributed by atoms with E-state index in [2.05, 4.69) is 0 Å². The molecule has 0 fully saturated rings. The summed E-state index contributed by atoms with van der Waals surface area (Å²) in [6, 6.07) is 6.48. The standard InChI is InChI=1S/C6H4NO2.ClH.Hg/c8-7(9)6-4-2-1-3-5-6;;/h2-5H;1H;/q;;+1/p-1. The van der Waals surface area contributed by atoms with Crippen molar-refractivity contribution < 1.29 is 28.3 Å². The van der Waals surface area contributed by atoms with Gasteiger partial charge in [0.05, 0.1) is 0 Å². The van der Waals surface area contributed by atoms with E-state index in [0.29, 0.717) is 0 Å². The van der Waals surface area contributed by atoms with Crippen molar-refractivity contribution in [3.63, 3.8) is 0 Å². The number of nitrogens with zero attached hydrogens (tertiary/aromatic N) is 1. The van der Waals surface area contributed by atoms with Gasteiger partial charge in [-0.3, -0.25) is 0 Å². The van der Waals surface area contributed by atoms with E-state index in [1.54, 1.807) is 12.1 Å². The molecule has 1 aromatic carbocycles. The van der Waals surface area contributed by atoms with Crippen molar-refractivity contribution in [2.24, 2.45) is 0 Å². The molecule has 0 unspecified atom stereocenters. The van der Waals surface area contributed by atoms with Gasteiger partial charge in [0.25, 0.3) is 0 Å². The summed E-state index contributed by atoms with van der Waals surface area (Å²) in [5.41, 5.74) is 0.132. The normalized spacial score (nSPS) is 8.82. The number of non-ortho nitro benzene ring substituents is 1. The van der Waals surface area contributed by atoms with Crippen LogP contribution in [-0.2, 0) is 23.3 Å². The Balaban J connectivity index is 2.91. The van der Waals surface area contributed by atoms with Crippen molar-refractivity contribution in [2.75, 3.05) is 0 Å². The first kappa shape index (κ1) is 8.94. The average molecular weight is 358 g/mol. The van der Waals surface area contributed by atoms with Crippen LogP contribution in [0.15, 0.2) is 24.3 Å². The Morgan fingerprint density at radius 1 is 1.36 bits per heavy atom. The van der Waals surface area contributed by atoms with Crippen LogP contribution in [0, 0.1) is 10.1 Å². The molecule has 54 valence electrons. The van der Waals surface area contributed by atoms with Gasteiger partial charge in [-0.25, -0.2) is 0 Å². The first-order chi connectivity index (χ1) is 5.24. The van der Waals surface area contributed by atoms with Gasteiger partial charge in [0.2, 0.25) is 0 Å². The Labute approximate surface area is 79.4 Å². The van der Waals surface area contributed by atoms with E-state index in [-0.39, 0.29) is 5.69 Å². The van der Waals surface area contributed by atoms with Crippen molar-refractivity contribution in [3.05, 3.63) is 34.4 Å². The molecule has 5 heteroatoms. The molecule has 0 aliphatic heterocycles. The van der Waals surface area contributed by atoms with E-state index in [1.807, 2.05) is 0 Å². The van der Waals surface area contributed by atoms with Crippen LogP contribution < -0.4 is 3.07 Å². The van der Waals surface area contributed by atoms with E-state index in [9.17, 15) is 10.1 Å². The Hall–Kier alpha value is -0.155. The maximum atomic E-state index is 10.2. The van der Waals surface area contributed by atoms with Crippen LogP contribution in [0.2, 0.25) is 0 Å². The molecule has 0 spiro atoms. The fourth-order valence-corrected chi connectivity index (χ4v) is 3.88. The van der Waals surface area contributed by atoms with Gasteiger partial charge in [0.1, 0.15) is 0 Å². The fraction of sp³-hybridized carbons (Fsp3) is 0. The van der Waals surface area contributed by atoms with Crippen LogP contribution >= 0.6 is 8.25 Å². The fourth-order valence-electron chi connectivity index (χ4n) is 0.707. The van der Waals surface area contributed by atoms with Crippen LogP contribution in [0.3, 0.4) is 0 Å². The van der Waals surface area contributed by atoms with Crippen LogP contribution in [0.1, 0.15) is 0 Å². The molecule has 0 radical (unpaired) electrons. The van der Waals surface area contributed by atoms with E-state index >= 15 is 0 Å². The van der Waals surface area contributed by atoms with Gasteiger partial charge < -0.3 is 0 Å². The predicted octanol–water partition coefficient (Wildman–Crippen LogP) is 1.46. The van der Waals surface area contributed by atoms with Crippen molar-refractivity contribution in [3.8, 4) is 0 Å². The zero-order valence-electron chi connectivity index (χ0n) is 5.66. The number of hydrogen-bond acceptors (Lipinski definition) is 2. The molecule has 0 heterocycles. The summed E-state index contributed by atoms with van der Waals surface area (Å²) in [5, 5.41) is 10.2. The monoisotopic (exact) mass is 359 g/mol. The van der Waals surface area contributed by atoms with E-state index in [0.717, 1.165) is 3.07 Å². The van der Waals surface area contributed by atoms with Gasteiger partial charge in [-0.1, -0.05) is 0 Å². The van der Waals surface area contributed by atoms with Gasteiger partial charge in [0.15, 0.2) is 0 Å². The minimum absolute atomic E-state index is 0.132. The van der Waals surface area contributed by atoms with Crippen molar-refractivity contribution >= 4 is 17.0 Å². The van der Waals surface area contributed by atoms with Gasteiger partial charge in [-0.15, -0.1) is 0 Å². The molecule has 0 aliphatic rings. The Morgan fingerprint density at radius 3 is 2.27 bits per heavy atom. The van der Waals surface area contributed by atoms with Gasteiger partial charge in [-0.2, -0.15) is 0 Å². The summed E-state index contributed by atoms with van der Waals surface area (Å²) in [5.74, 6) is 0. The predicted molar refractivity (Wildman–Crippen MR) is 38.6 cm³/mol. The summed E-state index contributed by atoms with van der Waals surface area (Å²) >= 11 is -1.35. The third-order valence-electron chi connectivity index (χ3n) is 1.30. The zero-order chi connectivity index (χ0) is 8.27. The summed E-state index contributed by atoms with van der Waals surface area (Å²) < 4.78 is 1.11. The molecule has 1 rings (SSSR count). The summed E-state index contributed by atoms with van der Waals surface area (Å²) in [6.45, 7) is 0. The van der Waals surface area contributed by atoms with Crippen LogP contribution in [0.25, 0.3) is 0 Å². The van der Waals surface area contributed by atoms with Crippen LogP contribution in [0.5, 0.6) is 0 Å². The second-order valence-corrected chi connectivity index (χ2v) is 8.62. The molecule has 0 N–H and O–H groups in total. The summed E-state index contributed by atoms with van der Waals surface area (Å²) in [6.07, 6.45) is 0. The first-order valence-electron chi connectivity index (χ1n) is 3.03. The molecule has 0 atom stereocenters. The van der Waals surface area contributed by atoms with Crippen molar-refractivity contribution in [1.29, 1.82) is 0 Å². The number of halogens is 1. The quantitative estimate of drug-likeness (QED) is 0.457. The van der Waals surface area contributed by atoms with Crippen LogP contribution in [0.4, 0.5) is 5.69 Å². The molecule has 0 aliphatic carbocycles. The second-order valence-electron chi connectivity index (χ2n) is 2.06. The second kappa shape index (κ2) is 4.02. The average Bonchev–Trinajstić information content (AvgIpc) is 2.05. The minimum atomic E-state index is -1.35. The molecule has 0 bridgehead atoms. The number of rotatable bonds is 2. The zero-order valence-corrected chi connectivity index (χ0v) is 11.9. The number of hydrogen-bond donors (Lipinski definition) is 0. The van der Waals surface area contributed by atoms with Crippen LogP contribution in [-0.4, -0.2) is 4.92 Å². The van der Waals surface area contributed by atoms with Crippen molar-refractivity contribution in [2.45, 2.75) is 0 Å². The topological polar surface area (TPSA) is 43.1 Å². The molecule has 1 aromatic rings. The molecule has 0 saturated heterocycles. The SMILES string of the molecule is O=[N+]([O-])c1cc[c]([Hg][Cl])cc1. The number of nitro groups is 1. The molecular formula is C6H4ClHgNO2. The number of benzene rings is 1. The molecule has 11 heavy (non-hydrogen) atoms. The molecule has 0 amide bonds. The molecule has 0 aromatic heterocycles. The van der Waals surface area contributed by atoms with E-state index in [1.165, 1.54) is 12.1 Å².